The Morgan fingerprint density at radius 3 is 2.19 bits per heavy atom. The Morgan fingerprint density at radius 1 is 1.10 bits per heavy atom. The number of hydrogen-bond acceptors (Lipinski definition) is 2. The molecule has 2 nitrogen and oxygen atoms in total. The summed E-state index contributed by atoms with van der Waals surface area (Å²) in [4.78, 5) is 2.55. The number of nitrogens with two attached hydrogens (primary N) is 1. The van der Waals surface area contributed by atoms with Crippen molar-refractivity contribution in [2.24, 2.45) is 17.6 Å². The molecule has 0 heterocycles. The minimum atomic E-state index is 0.124. The summed E-state index contributed by atoms with van der Waals surface area (Å²) in [5, 5.41) is 0. The number of benzene rings is 1. The van der Waals surface area contributed by atoms with Crippen LogP contribution in [-0.4, -0.2) is 24.0 Å². The molecule has 1 unspecified atom stereocenters. The molecule has 1 aliphatic rings. The van der Waals surface area contributed by atoms with Gasteiger partial charge in [-0.2, -0.15) is 0 Å². The van der Waals surface area contributed by atoms with Gasteiger partial charge in [0.05, 0.1) is 0 Å². The van der Waals surface area contributed by atoms with E-state index in [1.807, 2.05) is 0 Å². The van der Waals surface area contributed by atoms with E-state index in [1.54, 1.807) is 0 Å². The number of rotatable bonds is 8. The Labute approximate surface area is 130 Å². The highest BCUT2D eigenvalue weighted by Gasteiger charge is 2.26. The van der Waals surface area contributed by atoms with E-state index in [-0.39, 0.29) is 6.04 Å². The molecule has 1 aromatic carbocycles. The minimum Gasteiger partial charge on any atom is -0.323 e. The molecule has 118 valence electrons. The van der Waals surface area contributed by atoms with Crippen LogP contribution in [-0.2, 0) is 6.42 Å². The fraction of sp³-hybridized carbons (Fsp3) is 0.684. The average molecular weight is 288 g/mol. The third-order valence-corrected chi connectivity index (χ3v) is 4.40. The van der Waals surface area contributed by atoms with Crippen LogP contribution < -0.4 is 5.73 Å². The summed E-state index contributed by atoms with van der Waals surface area (Å²) < 4.78 is 0. The molecule has 1 aliphatic carbocycles. The van der Waals surface area contributed by atoms with Gasteiger partial charge in [-0.25, -0.2) is 0 Å². The summed E-state index contributed by atoms with van der Waals surface area (Å²) in [6, 6.07) is 9.64. The third kappa shape index (κ3) is 5.44. The van der Waals surface area contributed by atoms with E-state index in [4.69, 9.17) is 5.73 Å². The Hall–Kier alpha value is -0.860. The van der Waals surface area contributed by atoms with E-state index in [9.17, 15) is 0 Å². The van der Waals surface area contributed by atoms with E-state index in [0.717, 1.165) is 18.9 Å². The van der Waals surface area contributed by atoms with Crippen LogP contribution in [0.15, 0.2) is 24.3 Å². The molecule has 0 radical (unpaired) electrons. The molecule has 2 rings (SSSR count). The SMILES string of the molecule is CC(C)Cc1ccc(C(N)CN(CC2CC2)C(C)C)cc1. The Balaban J connectivity index is 1.92. The second-order valence-corrected chi connectivity index (χ2v) is 7.44. The average Bonchev–Trinajstić information content (AvgIpc) is 3.22. The smallest absolute Gasteiger partial charge is 0.0424 e. The van der Waals surface area contributed by atoms with Crippen molar-refractivity contribution < 1.29 is 0 Å². The number of hydrogen-bond donors (Lipinski definition) is 1. The van der Waals surface area contributed by atoms with Crippen molar-refractivity contribution in [1.29, 1.82) is 0 Å². The highest BCUT2D eigenvalue weighted by Crippen LogP contribution is 2.30. The van der Waals surface area contributed by atoms with Crippen molar-refractivity contribution in [3.8, 4) is 0 Å². The summed E-state index contributed by atoms with van der Waals surface area (Å²) in [6.45, 7) is 11.3. The van der Waals surface area contributed by atoms with Crippen molar-refractivity contribution in [2.75, 3.05) is 13.1 Å². The van der Waals surface area contributed by atoms with E-state index in [1.165, 1.54) is 30.5 Å². The first-order valence-electron chi connectivity index (χ1n) is 8.54. The molecule has 0 bridgehead atoms. The fourth-order valence-electron chi connectivity index (χ4n) is 2.86. The van der Waals surface area contributed by atoms with Gasteiger partial charge in [0.25, 0.3) is 0 Å². The summed E-state index contributed by atoms with van der Waals surface area (Å²) >= 11 is 0. The zero-order chi connectivity index (χ0) is 15.4. The lowest BCUT2D eigenvalue weighted by atomic mass is 9.99. The van der Waals surface area contributed by atoms with Gasteiger partial charge < -0.3 is 5.73 Å². The van der Waals surface area contributed by atoms with Gasteiger partial charge in [0.15, 0.2) is 0 Å². The lowest BCUT2D eigenvalue weighted by molar-refractivity contribution is 0.200. The summed E-state index contributed by atoms with van der Waals surface area (Å²) in [7, 11) is 0. The Bertz CT molecular complexity index is 418. The summed E-state index contributed by atoms with van der Waals surface area (Å²) in [5.41, 5.74) is 9.12. The predicted molar refractivity (Wildman–Crippen MR) is 91.3 cm³/mol. The molecule has 2 N–H and O–H groups in total. The first-order valence-corrected chi connectivity index (χ1v) is 8.54. The first-order chi connectivity index (χ1) is 9.95. The highest BCUT2D eigenvalue weighted by molar-refractivity contribution is 5.25. The van der Waals surface area contributed by atoms with Gasteiger partial charge >= 0.3 is 0 Å². The molecule has 0 aliphatic heterocycles. The molecule has 1 atom stereocenters. The quantitative estimate of drug-likeness (QED) is 0.783. The van der Waals surface area contributed by atoms with Gasteiger partial charge in [0, 0.05) is 25.2 Å². The van der Waals surface area contributed by atoms with Crippen LogP contribution in [0.5, 0.6) is 0 Å². The van der Waals surface area contributed by atoms with Crippen molar-refractivity contribution in [3.05, 3.63) is 35.4 Å². The van der Waals surface area contributed by atoms with Crippen molar-refractivity contribution in [3.63, 3.8) is 0 Å². The van der Waals surface area contributed by atoms with E-state index in [0.29, 0.717) is 12.0 Å². The molecule has 1 saturated carbocycles. The Morgan fingerprint density at radius 2 is 1.71 bits per heavy atom. The van der Waals surface area contributed by atoms with E-state index in [2.05, 4.69) is 56.9 Å². The van der Waals surface area contributed by atoms with Gasteiger partial charge in [-0.15, -0.1) is 0 Å². The Kier molecular flexibility index (Phi) is 5.83. The zero-order valence-electron chi connectivity index (χ0n) is 14.2. The van der Waals surface area contributed by atoms with Gasteiger partial charge in [-0.3, -0.25) is 4.90 Å². The second-order valence-electron chi connectivity index (χ2n) is 7.44. The van der Waals surface area contributed by atoms with Gasteiger partial charge in [0.2, 0.25) is 0 Å². The van der Waals surface area contributed by atoms with Crippen molar-refractivity contribution in [2.45, 2.75) is 59.0 Å². The standard InChI is InChI=1S/C19H32N2/c1-14(2)11-16-7-9-18(10-8-16)19(20)13-21(15(3)4)12-17-5-6-17/h7-10,14-15,17,19H,5-6,11-13,20H2,1-4H3. The first kappa shape index (κ1) is 16.5. The molecule has 21 heavy (non-hydrogen) atoms. The maximum Gasteiger partial charge on any atom is 0.0424 e. The summed E-state index contributed by atoms with van der Waals surface area (Å²) in [5.74, 6) is 1.63. The van der Waals surface area contributed by atoms with Crippen LogP contribution in [0, 0.1) is 11.8 Å². The second kappa shape index (κ2) is 7.42. The van der Waals surface area contributed by atoms with Crippen molar-refractivity contribution >= 4 is 0 Å². The number of nitrogens with zero attached hydrogens (tertiary/aromatic N) is 1. The van der Waals surface area contributed by atoms with Crippen molar-refractivity contribution in [1.82, 2.24) is 4.90 Å². The molecule has 0 amide bonds. The molecule has 1 fully saturated rings. The predicted octanol–water partition coefficient (Wildman–Crippen LogP) is 4.01. The van der Waals surface area contributed by atoms with Crippen LogP contribution in [0.2, 0.25) is 0 Å². The van der Waals surface area contributed by atoms with Crippen LogP contribution in [0.1, 0.15) is 57.7 Å². The zero-order valence-corrected chi connectivity index (χ0v) is 14.2. The molecule has 2 heteroatoms. The topological polar surface area (TPSA) is 29.3 Å². The lowest BCUT2D eigenvalue weighted by Crippen LogP contribution is -2.38. The normalized spacial score (nSPS) is 17.0. The molecule has 0 spiro atoms. The van der Waals surface area contributed by atoms with E-state index < -0.39 is 0 Å². The van der Waals surface area contributed by atoms with Crippen LogP contribution in [0.3, 0.4) is 0 Å². The highest BCUT2D eigenvalue weighted by atomic mass is 15.2. The third-order valence-electron chi connectivity index (χ3n) is 4.40. The van der Waals surface area contributed by atoms with E-state index >= 15 is 0 Å². The molecular formula is C19H32N2. The largest absolute Gasteiger partial charge is 0.323 e. The summed E-state index contributed by atoms with van der Waals surface area (Å²) in [6.07, 6.45) is 3.96. The lowest BCUT2D eigenvalue weighted by Gasteiger charge is -2.29. The van der Waals surface area contributed by atoms with Crippen LogP contribution in [0.4, 0.5) is 0 Å². The molecule has 0 saturated heterocycles. The van der Waals surface area contributed by atoms with Gasteiger partial charge in [-0.1, -0.05) is 38.1 Å². The molecule has 0 aromatic heterocycles. The molecule has 1 aromatic rings. The fourth-order valence-corrected chi connectivity index (χ4v) is 2.86. The maximum atomic E-state index is 6.44. The van der Waals surface area contributed by atoms with Gasteiger partial charge in [-0.05, 0) is 56.1 Å². The maximum absolute atomic E-state index is 6.44. The van der Waals surface area contributed by atoms with Gasteiger partial charge in [0.1, 0.15) is 0 Å². The minimum absolute atomic E-state index is 0.124. The monoisotopic (exact) mass is 288 g/mol. The van der Waals surface area contributed by atoms with Crippen LogP contribution in [0.25, 0.3) is 0 Å². The van der Waals surface area contributed by atoms with Crippen LogP contribution >= 0.6 is 0 Å². The molecular weight excluding hydrogens is 256 g/mol.